The van der Waals surface area contributed by atoms with Gasteiger partial charge in [-0.3, -0.25) is 4.79 Å². The molecule has 0 saturated carbocycles. The van der Waals surface area contributed by atoms with Crippen molar-refractivity contribution in [3.05, 3.63) is 35.9 Å². The minimum atomic E-state index is -0.645. The molecule has 3 nitrogen and oxygen atoms in total. The number of carbonyl (C=O) groups is 1. The Labute approximate surface area is 81.0 Å². The lowest BCUT2D eigenvalue weighted by atomic mass is 10.2. The van der Waals surface area contributed by atoms with E-state index in [-0.39, 0.29) is 0 Å². The van der Waals surface area contributed by atoms with Gasteiger partial charge in [-0.15, -0.1) is 0 Å². The van der Waals surface area contributed by atoms with Crippen LogP contribution in [-0.4, -0.2) is 11.5 Å². The van der Waals surface area contributed by atoms with Gasteiger partial charge in [-0.1, -0.05) is 35.5 Å². The summed E-state index contributed by atoms with van der Waals surface area (Å²) in [5.41, 5.74) is 0.988. The minimum absolute atomic E-state index is 0.335. The first-order valence-corrected chi connectivity index (χ1v) is 4.05. The van der Waals surface area contributed by atoms with Crippen LogP contribution in [-0.2, 0) is 16.2 Å². The lowest BCUT2D eigenvalue weighted by Gasteiger charge is -1.97. The molecular formula is C9H8ClNO2. The van der Waals surface area contributed by atoms with E-state index in [0.717, 1.165) is 11.8 Å². The third-order valence-electron chi connectivity index (χ3n) is 1.30. The third-order valence-corrected chi connectivity index (χ3v) is 1.40. The molecule has 1 aromatic rings. The molecule has 4 heteroatoms. The zero-order chi connectivity index (χ0) is 9.52. The number of carbonyl (C=O) groups excluding carboxylic acids is 1. The van der Waals surface area contributed by atoms with Crippen molar-refractivity contribution < 1.29 is 9.63 Å². The normalized spacial score (nSPS) is 10.2. The fourth-order valence-electron chi connectivity index (χ4n) is 0.765. The molecular weight excluding hydrogens is 190 g/mol. The van der Waals surface area contributed by atoms with E-state index in [1.807, 2.05) is 30.3 Å². The van der Waals surface area contributed by atoms with Crippen LogP contribution in [0.1, 0.15) is 5.56 Å². The number of rotatable bonds is 4. The van der Waals surface area contributed by atoms with Gasteiger partial charge in [0.05, 0.1) is 0 Å². The molecule has 1 rings (SSSR count). The van der Waals surface area contributed by atoms with Crippen molar-refractivity contribution in [2.24, 2.45) is 5.16 Å². The van der Waals surface area contributed by atoms with Crippen molar-refractivity contribution in [1.82, 2.24) is 0 Å². The second-order valence-electron chi connectivity index (χ2n) is 2.30. The summed E-state index contributed by atoms with van der Waals surface area (Å²) in [6, 6.07) is 9.51. The Hall–Kier alpha value is -1.35. The zero-order valence-corrected chi connectivity index (χ0v) is 7.57. The molecule has 0 radical (unpaired) electrons. The molecule has 0 bridgehead atoms. The van der Waals surface area contributed by atoms with Crippen LogP contribution in [0.15, 0.2) is 35.5 Å². The van der Waals surface area contributed by atoms with E-state index in [0.29, 0.717) is 6.61 Å². The molecule has 0 N–H and O–H groups in total. The maximum atomic E-state index is 10.2. The number of hydrogen-bond acceptors (Lipinski definition) is 3. The van der Waals surface area contributed by atoms with Crippen LogP contribution in [0.5, 0.6) is 0 Å². The maximum absolute atomic E-state index is 10.2. The van der Waals surface area contributed by atoms with E-state index in [1.54, 1.807) is 0 Å². The molecule has 0 aliphatic rings. The van der Waals surface area contributed by atoms with Crippen molar-refractivity contribution in [3.8, 4) is 0 Å². The number of oxime groups is 1. The van der Waals surface area contributed by atoms with Gasteiger partial charge in [0.15, 0.2) is 0 Å². The SMILES string of the molecule is O=C(Cl)/C=N\OCc1ccccc1. The molecule has 0 saturated heterocycles. The van der Waals surface area contributed by atoms with E-state index in [2.05, 4.69) is 5.16 Å². The van der Waals surface area contributed by atoms with Gasteiger partial charge in [-0.2, -0.15) is 0 Å². The number of nitrogens with zero attached hydrogens (tertiary/aromatic N) is 1. The molecule has 0 fully saturated rings. The molecule has 0 amide bonds. The van der Waals surface area contributed by atoms with E-state index in [1.165, 1.54) is 0 Å². The molecule has 0 unspecified atom stereocenters. The first kappa shape index (κ1) is 9.74. The summed E-state index contributed by atoms with van der Waals surface area (Å²) < 4.78 is 0. The van der Waals surface area contributed by atoms with E-state index < -0.39 is 5.24 Å². The van der Waals surface area contributed by atoms with E-state index in [9.17, 15) is 4.79 Å². The van der Waals surface area contributed by atoms with Crippen molar-refractivity contribution in [2.45, 2.75) is 6.61 Å². The van der Waals surface area contributed by atoms with Gasteiger partial charge in [0.2, 0.25) is 0 Å². The van der Waals surface area contributed by atoms with Crippen molar-refractivity contribution in [3.63, 3.8) is 0 Å². The topological polar surface area (TPSA) is 38.7 Å². The first-order chi connectivity index (χ1) is 6.29. The smallest absolute Gasteiger partial charge is 0.266 e. The van der Waals surface area contributed by atoms with Gasteiger partial charge in [0, 0.05) is 0 Å². The summed E-state index contributed by atoms with van der Waals surface area (Å²) in [4.78, 5) is 15.0. The fraction of sp³-hybridized carbons (Fsp3) is 0.111. The highest BCUT2D eigenvalue weighted by molar-refractivity contribution is 6.77. The first-order valence-electron chi connectivity index (χ1n) is 3.68. The summed E-state index contributed by atoms with van der Waals surface area (Å²) in [7, 11) is 0. The molecule has 0 aliphatic heterocycles. The average Bonchev–Trinajstić information content (AvgIpc) is 2.14. The minimum Gasteiger partial charge on any atom is -0.391 e. The van der Waals surface area contributed by atoms with Gasteiger partial charge in [0.25, 0.3) is 5.24 Å². The largest absolute Gasteiger partial charge is 0.391 e. The van der Waals surface area contributed by atoms with Gasteiger partial charge in [-0.05, 0) is 17.2 Å². The molecule has 68 valence electrons. The summed E-state index contributed by atoms with van der Waals surface area (Å²) in [5.74, 6) is 0. The zero-order valence-electron chi connectivity index (χ0n) is 6.81. The van der Waals surface area contributed by atoms with Crippen LogP contribution < -0.4 is 0 Å². The van der Waals surface area contributed by atoms with Gasteiger partial charge in [0.1, 0.15) is 12.8 Å². The van der Waals surface area contributed by atoms with Crippen LogP contribution >= 0.6 is 11.6 Å². The van der Waals surface area contributed by atoms with Crippen molar-refractivity contribution >= 4 is 23.1 Å². The Bertz CT molecular complexity index is 298. The Balaban J connectivity index is 2.32. The molecule has 0 spiro atoms. The number of hydrogen-bond donors (Lipinski definition) is 0. The predicted octanol–water partition coefficient (Wildman–Crippen LogP) is 1.95. The second kappa shape index (κ2) is 5.32. The quantitative estimate of drug-likeness (QED) is 0.421. The Kier molecular flexibility index (Phi) is 3.99. The molecule has 0 aliphatic carbocycles. The van der Waals surface area contributed by atoms with Crippen LogP contribution in [0, 0.1) is 0 Å². The summed E-state index contributed by atoms with van der Waals surface area (Å²) in [5, 5.41) is 2.71. The van der Waals surface area contributed by atoms with Crippen molar-refractivity contribution in [2.75, 3.05) is 0 Å². The van der Waals surface area contributed by atoms with Crippen LogP contribution in [0.4, 0.5) is 0 Å². The molecule has 13 heavy (non-hydrogen) atoms. The highest BCUT2D eigenvalue weighted by Gasteiger charge is 1.90. The monoisotopic (exact) mass is 197 g/mol. The Morgan fingerprint density at radius 2 is 2.15 bits per heavy atom. The maximum Gasteiger partial charge on any atom is 0.266 e. The molecule has 0 heterocycles. The predicted molar refractivity (Wildman–Crippen MR) is 50.6 cm³/mol. The van der Waals surface area contributed by atoms with Crippen LogP contribution in [0.3, 0.4) is 0 Å². The fourth-order valence-corrected chi connectivity index (χ4v) is 0.805. The average molecular weight is 198 g/mol. The molecule has 0 aromatic heterocycles. The molecule has 1 aromatic carbocycles. The number of halogens is 1. The van der Waals surface area contributed by atoms with E-state index >= 15 is 0 Å². The molecule has 0 atom stereocenters. The summed E-state index contributed by atoms with van der Waals surface area (Å²) in [6.45, 7) is 0.335. The van der Waals surface area contributed by atoms with Gasteiger partial charge < -0.3 is 4.84 Å². The van der Waals surface area contributed by atoms with Gasteiger partial charge >= 0.3 is 0 Å². The third kappa shape index (κ3) is 4.28. The van der Waals surface area contributed by atoms with Gasteiger partial charge in [-0.25, -0.2) is 0 Å². The van der Waals surface area contributed by atoms with Crippen LogP contribution in [0.25, 0.3) is 0 Å². The summed E-state index contributed by atoms with van der Waals surface area (Å²) >= 11 is 4.99. The highest BCUT2D eigenvalue weighted by Crippen LogP contribution is 1.99. The Morgan fingerprint density at radius 1 is 1.46 bits per heavy atom. The van der Waals surface area contributed by atoms with E-state index in [4.69, 9.17) is 16.4 Å². The Morgan fingerprint density at radius 3 is 2.77 bits per heavy atom. The number of benzene rings is 1. The second-order valence-corrected chi connectivity index (χ2v) is 2.67. The highest BCUT2D eigenvalue weighted by atomic mass is 35.5. The summed E-state index contributed by atoms with van der Waals surface area (Å²) in [6.07, 6.45) is 0.921. The standard InChI is InChI=1S/C9H8ClNO2/c10-9(12)6-11-13-7-8-4-2-1-3-5-8/h1-6H,7H2/b11-6-. The van der Waals surface area contributed by atoms with Crippen LogP contribution in [0.2, 0.25) is 0 Å². The lowest BCUT2D eigenvalue weighted by Crippen LogP contribution is -1.90. The van der Waals surface area contributed by atoms with Crippen molar-refractivity contribution in [1.29, 1.82) is 0 Å². The lowest BCUT2D eigenvalue weighted by molar-refractivity contribution is -0.106.